The van der Waals surface area contributed by atoms with Gasteiger partial charge in [-0.25, -0.2) is 4.79 Å². The monoisotopic (exact) mass is 258 g/mol. The maximum absolute atomic E-state index is 12.2. The van der Waals surface area contributed by atoms with Gasteiger partial charge in [-0.05, 0) is 19.3 Å². The summed E-state index contributed by atoms with van der Waals surface area (Å²) in [6, 6.07) is -0.126. The standard InChI is InChI=1S/C12H19ClN2O2/c1-5-7(3)8(4)15-11(16)9(6-2)10(13)14-12(15)17/h7-8H,5-6H2,1-4H3,(H,14,17). The number of hydrogen-bond donors (Lipinski definition) is 1. The first-order chi connectivity index (χ1) is 7.93. The van der Waals surface area contributed by atoms with Crippen LogP contribution in [0.15, 0.2) is 9.59 Å². The first kappa shape index (κ1) is 14.0. The van der Waals surface area contributed by atoms with E-state index in [9.17, 15) is 9.59 Å². The van der Waals surface area contributed by atoms with Crippen LogP contribution < -0.4 is 11.2 Å². The number of aromatic amines is 1. The van der Waals surface area contributed by atoms with Gasteiger partial charge in [0.25, 0.3) is 5.56 Å². The number of nitrogens with one attached hydrogen (secondary N) is 1. The van der Waals surface area contributed by atoms with Gasteiger partial charge in [0, 0.05) is 6.04 Å². The summed E-state index contributed by atoms with van der Waals surface area (Å²) in [5.74, 6) is 0.264. The molecule has 1 N–H and O–H groups in total. The molecule has 4 nitrogen and oxygen atoms in total. The highest BCUT2D eigenvalue weighted by molar-refractivity contribution is 6.30. The Hall–Kier alpha value is -1.03. The van der Waals surface area contributed by atoms with Crippen molar-refractivity contribution in [1.82, 2.24) is 9.55 Å². The Labute approximate surface area is 106 Å². The van der Waals surface area contributed by atoms with E-state index in [1.807, 2.05) is 27.7 Å². The van der Waals surface area contributed by atoms with Crippen LogP contribution in [0.4, 0.5) is 0 Å². The molecule has 1 rings (SSSR count). The smallest absolute Gasteiger partial charge is 0.297 e. The molecular weight excluding hydrogens is 240 g/mol. The van der Waals surface area contributed by atoms with Gasteiger partial charge < -0.3 is 0 Å². The van der Waals surface area contributed by atoms with Gasteiger partial charge in [0.2, 0.25) is 0 Å². The van der Waals surface area contributed by atoms with Gasteiger partial charge in [0.05, 0.1) is 5.56 Å². The molecule has 2 unspecified atom stereocenters. The second-order valence-corrected chi connectivity index (χ2v) is 4.76. The van der Waals surface area contributed by atoms with Crippen LogP contribution >= 0.6 is 11.6 Å². The molecular formula is C12H19ClN2O2. The van der Waals surface area contributed by atoms with Gasteiger partial charge in [0.15, 0.2) is 0 Å². The summed E-state index contributed by atoms with van der Waals surface area (Å²) in [5, 5.41) is 0.162. The van der Waals surface area contributed by atoms with Crippen molar-refractivity contribution in [2.45, 2.75) is 46.6 Å². The summed E-state index contributed by atoms with van der Waals surface area (Å²) in [6.45, 7) is 7.80. The molecule has 1 heterocycles. The normalized spacial score (nSPS) is 14.6. The zero-order valence-corrected chi connectivity index (χ0v) is 11.5. The second kappa shape index (κ2) is 5.54. The first-order valence-corrected chi connectivity index (χ1v) is 6.34. The lowest BCUT2D eigenvalue weighted by Gasteiger charge is -2.20. The van der Waals surface area contributed by atoms with Gasteiger partial charge >= 0.3 is 5.69 Å². The Morgan fingerprint density at radius 3 is 2.35 bits per heavy atom. The Kier molecular flexibility index (Phi) is 4.57. The van der Waals surface area contributed by atoms with E-state index < -0.39 is 5.69 Å². The molecule has 0 aromatic carbocycles. The van der Waals surface area contributed by atoms with E-state index in [0.717, 1.165) is 6.42 Å². The quantitative estimate of drug-likeness (QED) is 0.843. The van der Waals surface area contributed by atoms with Crippen molar-refractivity contribution in [3.63, 3.8) is 0 Å². The molecule has 0 saturated heterocycles. The van der Waals surface area contributed by atoms with Gasteiger partial charge in [-0.15, -0.1) is 0 Å². The minimum atomic E-state index is -0.426. The lowest BCUT2D eigenvalue weighted by molar-refractivity contribution is 0.349. The average Bonchev–Trinajstić information content (AvgIpc) is 2.27. The summed E-state index contributed by atoms with van der Waals surface area (Å²) >= 11 is 5.86. The van der Waals surface area contributed by atoms with Crippen molar-refractivity contribution in [3.8, 4) is 0 Å². The van der Waals surface area contributed by atoms with Crippen LogP contribution in [0, 0.1) is 5.92 Å². The highest BCUT2D eigenvalue weighted by atomic mass is 35.5. The van der Waals surface area contributed by atoms with Gasteiger partial charge in [0.1, 0.15) is 5.15 Å². The minimum Gasteiger partial charge on any atom is -0.297 e. The third-order valence-corrected chi connectivity index (χ3v) is 3.73. The molecule has 1 aromatic heterocycles. The molecule has 96 valence electrons. The predicted octanol–water partition coefficient (Wildman–Crippen LogP) is 2.36. The minimum absolute atomic E-state index is 0.126. The lowest BCUT2D eigenvalue weighted by atomic mass is 10.0. The van der Waals surface area contributed by atoms with Crippen molar-refractivity contribution in [2.75, 3.05) is 0 Å². The van der Waals surface area contributed by atoms with E-state index in [0.29, 0.717) is 12.0 Å². The van der Waals surface area contributed by atoms with Crippen molar-refractivity contribution < 1.29 is 0 Å². The molecule has 0 saturated carbocycles. The van der Waals surface area contributed by atoms with Crippen molar-refractivity contribution in [3.05, 3.63) is 31.6 Å². The summed E-state index contributed by atoms with van der Waals surface area (Å²) < 4.78 is 1.28. The Bertz CT molecular complexity index is 504. The van der Waals surface area contributed by atoms with Crippen LogP contribution in [0.25, 0.3) is 0 Å². The predicted molar refractivity (Wildman–Crippen MR) is 69.9 cm³/mol. The molecule has 0 aliphatic carbocycles. The van der Waals surface area contributed by atoms with E-state index in [1.165, 1.54) is 4.57 Å². The molecule has 0 bridgehead atoms. The molecule has 0 aliphatic rings. The summed E-state index contributed by atoms with van der Waals surface area (Å²) in [6.07, 6.45) is 1.43. The van der Waals surface area contributed by atoms with Gasteiger partial charge in [-0.2, -0.15) is 0 Å². The van der Waals surface area contributed by atoms with E-state index in [1.54, 1.807) is 0 Å². The summed E-state index contributed by atoms with van der Waals surface area (Å²) in [5.41, 5.74) is -0.222. The molecule has 1 aromatic rings. The Balaban J connectivity index is 3.44. The largest absolute Gasteiger partial charge is 0.329 e. The fraction of sp³-hybridized carbons (Fsp3) is 0.667. The molecule has 0 amide bonds. The summed E-state index contributed by atoms with van der Waals surface area (Å²) in [4.78, 5) is 26.5. The summed E-state index contributed by atoms with van der Waals surface area (Å²) in [7, 11) is 0. The maximum Gasteiger partial charge on any atom is 0.329 e. The molecule has 5 heteroatoms. The third-order valence-electron chi connectivity index (χ3n) is 3.41. The Morgan fingerprint density at radius 1 is 1.29 bits per heavy atom. The zero-order valence-electron chi connectivity index (χ0n) is 10.7. The lowest BCUT2D eigenvalue weighted by Crippen LogP contribution is -2.40. The SMILES string of the molecule is CCc1c(Cl)[nH]c(=O)n(C(C)C(C)CC)c1=O. The van der Waals surface area contributed by atoms with Crippen LogP contribution in [0.5, 0.6) is 0 Å². The van der Waals surface area contributed by atoms with Crippen LogP contribution in [0.3, 0.4) is 0 Å². The van der Waals surface area contributed by atoms with Crippen molar-refractivity contribution >= 4 is 11.6 Å². The van der Waals surface area contributed by atoms with Crippen LogP contribution in [-0.4, -0.2) is 9.55 Å². The zero-order chi connectivity index (χ0) is 13.2. The number of rotatable bonds is 4. The fourth-order valence-corrected chi connectivity index (χ4v) is 2.13. The third kappa shape index (κ3) is 2.63. The van der Waals surface area contributed by atoms with Crippen LogP contribution in [0.2, 0.25) is 5.15 Å². The number of aromatic nitrogens is 2. The Morgan fingerprint density at radius 2 is 1.88 bits per heavy atom. The van der Waals surface area contributed by atoms with E-state index in [-0.39, 0.29) is 22.7 Å². The average molecular weight is 259 g/mol. The highest BCUT2D eigenvalue weighted by Gasteiger charge is 2.19. The van der Waals surface area contributed by atoms with E-state index in [4.69, 9.17) is 11.6 Å². The number of nitrogens with zero attached hydrogens (tertiary/aromatic N) is 1. The van der Waals surface area contributed by atoms with Crippen molar-refractivity contribution in [2.24, 2.45) is 5.92 Å². The first-order valence-electron chi connectivity index (χ1n) is 5.97. The molecule has 0 aliphatic heterocycles. The van der Waals surface area contributed by atoms with Crippen LogP contribution in [-0.2, 0) is 6.42 Å². The molecule has 0 fully saturated rings. The number of halogens is 1. The fourth-order valence-electron chi connectivity index (χ4n) is 1.83. The van der Waals surface area contributed by atoms with E-state index >= 15 is 0 Å². The van der Waals surface area contributed by atoms with Crippen LogP contribution in [0.1, 0.15) is 45.7 Å². The van der Waals surface area contributed by atoms with E-state index in [2.05, 4.69) is 4.98 Å². The number of H-pyrrole nitrogens is 1. The molecule has 17 heavy (non-hydrogen) atoms. The highest BCUT2D eigenvalue weighted by Crippen LogP contribution is 2.17. The maximum atomic E-state index is 12.2. The molecule has 2 atom stereocenters. The van der Waals surface area contributed by atoms with Gasteiger partial charge in [-0.3, -0.25) is 14.3 Å². The second-order valence-electron chi connectivity index (χ2n) is 4.38. The molecule has 0 radical (unpaired) electrons. The topological polar surface area (TPSA) is 54.9 Å². The number of hydrogen-bond acceptors (Lipinski definition) is 2. The molecule has 0 spiro atoms. The van der Waals surface area contributed by atoms with Gasteiger partial charge in [-0.1, -0.05) is 38.8 Å². The van der Waals surface area contributed by atoms with Crippen molar-refractivity contribution in [1.29, 1.82) is 0 Å².